The van der Waals surface area contributed by atoms with Crippen LogP contribution >= 0.6 is 0 Å². The van der Waals surface area contributed by atoms with Crippen molar-refractivity contribution in [2.24, 2.45) is 5.92 Å². The summed E-state index contributed by atoms with van der Waals surface area (Å²) < 4.78 is 0. The summed E-state index contributed by atoms with van der Waals surface area (Å²) in [6.07, 6.45) is 8.27. The minimum Gasteiger partial charge on any atom is -0.342 e. The van der Waals surface area contributed by atoms with Crippen LogP contribution in [0.2, 0.25) is 0 Å². The lowest BCUT2D eigenvalue weighted by molar-refractivity contribution is -0.138. The third kappa shape index (κ3) is 4.81. The highest BCUT2D eigenvalue weighted by Crippen LogP contribution is 2.21. The maximum atomic E-state index is 12.7. The second-order valence-corrected chi connectivity index (χ2v) is 7.11. The number of carbonyl (C=O) groups is 1. The van der Waals surface area contributed by atoms with Crippen molar-refractivity contribution in [1.29, 1.82) is 0 Å². The van der Waals surface area contributed by atoms with E-state index in [0.717, 1.165) is 39.0 Å². The Morgan fingerprint density at radius 1 is 1.00 bits per heavy atom. The maximum absolute atomic E-state index is 12.7. The van der Waals surface area contributed by atoms with Gasteiger partial charge in [0.2, 0.25) is 5.91 Å². The molecule has 1 atom stereocenters. The highest BCUT2D eigenvalue weighted by atomic mass is 16.2. The Hall–Kier alpha value is -1.35. The van der Waals surface area contributed by atoms with Crippen LogP contribution in [0, 0.1) is 5.92 Å². The molecule has 1 aromatic carbocycles. The van der Waals surface area contributed by atoms with Gasteiger partial charge in [0, 0.05) is 19.6 Å². The van der Waals surface area contributed by atoms with Crippen molar-refractivity contribution in [3.8, 4) is 0 Å². The number of hydrogen-bond donors (Lipinski definition) is 0. The van der Waals surface area contributed by atoms with Gasteiger partial charge in [-0.05, 0) is 63.6 Å². The van der Waals surface area contributed by atoms with Crippen molar-refractivity contribution in [2.45, 2.75) is 44.9 Å². The molecule has 3 nitrogen and oxygen atoms in total. The number of benzene rings is 1. The summed E-state index contributed by atoms with van der Waals surface area (Å²) in [5, 5.41) is 0. The van der Waals surface area contributed by atoms with E-state index in [2.05, 4.69) is 40.1 Å². The van der Waals surface area contributed by atoms with Gasteiger partial charge in [-0.2, -0.15) is 0 Å². The second-order valence-electron chi connectivity index (χ2n) is 7.11. The summed E-state index contributed by atoms with van der Waals surface area (Å²) >= 11 is 0. The molecule has 1 amide bonds. The number of carbonyl (C=O) groups excluding carboxylic acids is 1. The third-order valence-electron chi connectivity index (χ3n) is 5.31. The zero-order valence-electron chi connectivity index (χ0n) is 14.3. The zero-order chi connectivity index (χ0) is 15.9. The van der Waals surface area contributed by atoms with Gasteiger partial charge in [-0.25, -0.2) is 0 Å². The van der Waals surface area contributed by atoms with Crippen molar-refractivity contribution in [2.75, 3.05) is 32.7 Å². The quantitative estimate of drug-likeness (QED) is 0.832. The summed E-state index contributed by atoms with van der Waals surface area (Å²) in [4.78, 5) is 17.3. The molecule has 3 rings (SSSR count). The SMILES string of the molecule is O=C([C@H]1CCCN(CCCc2ccccc2)C1)N1CCCCC1. The minimum absolute atomic E-state index is 0.249. The molecule has 126 valence electrons. The fourth-order valence-corrected chi connectivity index (χ4v) is 3.98. The number of aryl methyl sites for hydroxylation is 1. The predicted octanol–water partition coefficient (Wildman–Crippen LogP) is 3.34. The van der Waals surface area contributed by atoms with Gasteiger partial charge in [0.1, 0.15) is 0 Å². The van der Waals surface area contributed by atoms with Gasteiger partial charge >= 0.3 is 0 Å². The molecule has 2 heterocycles. The fraction of sp³-hybridized carbons (Fsp3) is 0.650. The molecule has 0 radical (unpaired) electrons. The van der Waals surface area contributed by atoms with Crippen molar-refractivity contribution in [3.05, 3.63) is 35.9 Å². The van der Waals surface area contributed by atoms with Crippen LogP contribution in [0.15, 0.2) is 30.3 Å². The molecule has 2 saturated heterocycles. The van der Waals surface area contributed by atoms with Gasteiger partial charge in [0.15, 0.2) is 0 Å². The molecule has 0 unspecified atom stereocenters. The smallest absolute Gasteiger partial charge is 0.226 e. The summed E-state index contributed by atoms with van der Waals surface area (Å²) in [5.74, 6) is 0.677. The molecule has 0 bridgehead atoms. The van der Waals surface area contributed by atoms with Crippen molar-refractivity contribution >= 4 is 5.91 Å². The Morgan fingerprint density at radius 3 is 2.57 bits per heavy atom. The van der Waals surface area contributed by atoms with E-state index >= 15 is 0 Å². The van der Waals surface area contributed by atoms with E-state index in [4.69, 9.17) is 0 Å². The first kappa shape index (κ1) is 16.5. The minimum atomic E-state index is 0.249. The molecule has 0 aromatic heterocycles. The normalized spacial score (nSPS) is 23.0. The van der Waals surface area contributed by atoms with Crippen molar-refractivity contribution in [3.63, 3.8) is 0 Å². The standard InChI is InChI=1S/C20H30N2O/c23-20(22-15-5-2-6-16-22)19-12-8-14-21(17-19)13-7-11-18-9-3-1-4-10-18/h1,3-4,9-10,19H,2,5-8,11-17H2/t19-/m0/s1. The first-order chi connectivity index (χ1) is 11.3. The highest BCUT2D eigenvalue weighted by Gasteiger charge is 2.29. The lowest BCUT2D eigenvalue weighted by atomic mass is 9.95. The van der Waals surface area contributed by atoms with Crippen molar-refractivity contribution < 1.29 is 4.79 Å². The number of rotatable bonds is 5. The Kier molecular flexibility index (Phi) is 6.09. The summed E-state index contributed by atoms with van der Waals surface area (Å²) in [7, 11) is 0. The van der Waals surface area contributed by atoms with Crippen LogP contribution in [0.5, 0.6) is 0 Å². The summed E-state index contributed by atoms with van der Waals surface area (Å²) in [6, 6.07) is 10.7. The van der Waals surface area contributed by atoms with Gasteiger partial charge in [-0.1, -0.05) is 30.3 Å². The summed E-state index contributed by atoms with van der Waals surface area (Å²) in [5.41, 5.74) is 1.42. The monoisotopic (exact) mass is 314 g/mol. The van der Waals surface area contributed by atoms with E-state index in [0.29, 0.717) is 5.91 Å². The van der Waals surface area contributed by atoms with E-state index in [1.807, 2.05) is 0 Å². The Balaban J connectivity index is 1.43. The number of likely N-dealkylation sites (tertiary alicyclic amines) is 2. The molecular weight excluding hydrogens is 284 g/mol. The first-order valence-corrected chi connectivity index (χ1v) is 9.38. The zero-order valence-corrected chi connectivity index (χ0v) is 14.3. The highest BCUT2D eigenvalue weighted by molar-refractivity contribution is 5.79. The van der Waals surface area contributed by atoms with Crippen LogP contribution in [-0.2, 0) is 11.2 Å². The van der Waals surface area contributed by atoms with E-state index in [-0.39, 0.29) is 5.92 Å². The second kappa shape index (κ2) is 8.49. The average Bonchev–Trinajstić information content (AvgIpc) is 2.63. The van der Waals surface area contributed by atoms with Crippen molar-refractivity contribution in [1.82, 2.24) is 9.80 Å². The number of hydrogen-bond acceptors (Lipinski definition) is 2. The van der Waals surface area contributed by atoms with Crippen LogP contribution < -0.4 is 0 Å². The molecule has 2 fully saturated rings. The Bertz CT molecular complexity index is 482. The van der Waals surface area contributed by atoms with Gasteiger partial charge < -0.3 is 9.80 Å². The molecule has 1 aromatic rings. The largest absolute Gasteiger partial charge is 0.342 e. The molecule has 0 spiro atoms. The lowest BCUT2D eigenvalue weighted by Crippen LogP contribution is -2.46. The van der Waals surface area contributed by atoms with Crippen LogP contribution in [0.3, 0.4) is 0 Å². The average molecular weight is 314 g/mol. The number of piperidine rings is 2. The van der Waals surface area contributed by atoms with E-state index in [1.165, 1.54) is 44.2 Å². The van der Waals surface area contributed by atoms with Crippen LogP contribution in [0.1, 0.15) is 44.1 Å². The molecule has 0 saturated carbocycles. The third-order valence-corrected chi connectivity index (χ3v) is 5.31. The topological polar surface area (TPSA) is 23.6 Å². The Labute approximate surface area is 140 Å². The van der Waals surface area contributed by atoms with E-state index in [1.54, 1.807) is 0 Å². The Morgan fingerprint density at radius 2 is 1.78 bits per heavy atom. The van der Waals surface area contributed by atoms with Gasteiger partial charge in [0.25, 0.3) is 0 Å². The first-order valence-electron chi connectivity index (χ1n) is 9.38. The van der Waals surface area contributed by atoms with Gasteiger partial charge in [0.05, 0.1) is 5.92 Å². The van der Waals surface area contributed by atoms with Crippen LogP contribution in [0.25, 0.3) is 0 Å². The molecule has 3 heteroatoms. The van der Waals surface area contributed by atoms with Crippen LogP contribution in [0.4, 0.5) is 0 Å². The lowest BCUT2D eigenvalue weighted by Gasteiger charge is -2.36. The van der Waals surface area contributed by atoms with E-state index < -0.39 is 0 Å². The van der Waals surface area contributed by atoms with Gasteiger partial charge in [-0.3, -0.25) is 4.79 Å². The molecule has 2 aliphatic rings. The van der Waals surface area contributed by atoms with Gasteiger partial charge in [-0.15, -0.1) is 0 Å². The maximum Gasteiger partial charge on any atom is 0.226 e. The number of nitrogens with zero attached hydrogens (tertiary/aromatic N) is 2. The van der Waals surface area contributed by atoms with Crippen LogP contribution in [-0.4, -0.2) is 48.4 Å². The predicted molar refractivity (Wildman–Crippen MR) is 94.4 cm³/mol. The number of amides is 1. The molecule has 0 N–H and O–H groups in total. The van der Waals surface area contributed by atoms with E-state index in [9.17, 15) is 4.79 Å². The molecule has 0 aliphatic carbocycles. The fourth-order valence-electron chi connectivity index (χ4n) is 3.98. The summed E-state index contributed by atoms with van der Waals surface area (Å²) in [6.45, 7) is 5.24. The molecule has 2 aliphatic heterocycles. The molecular formula is C20H30N2O. The molecule has 23 heavy (non-hydrogen) atoms.